The topological polar surface area (TPSA) is 55.6 Å². The molecule has 1 N–H and O–H groups in total. The first-order chi connectivity index (χ1) is 8.48. The standard InChI is InChI=1S/C10H10F3N5/c1-18-8(16-6-17-18)5-15-9-7(10(11,12)13)3-2-4-14-9/h2-4,6H,5H2,1H3,(H,14,15). The Bertz CT molecular complexity index is 534. The van der Waals surface area contributed by atoms with Gasteiger partial charge in [0.15, 0.2) is 0 Å². The van der Waals surface area contributed by atoms with Crippen molar-refractivity contribution in [2.24, 2.45) is 7.05 Å². The molecular formula is C10H10F3N5. The average molecular weight is 257 g/mol. The molecule has 96 valence electrons. The number of nitrogens with zero attached hydrogens (tertiary/aromatic N) is 4. The zero-order chi connectivity index (χ0) is 13.2. The first kappa shape index (κ1) is 12.3. The van der Waals surface area contributed by atoms with E-state index in [1.165, 1.54) is 23.3 Å². The van der Waals surface area contributed by atoms with Crippen LogP contribution in [0.5, 0.6) is 0 Å². The highest BCUT2D eigenvalue weighted by molar-refractivity contribution is 5.45. The molecule has 0 unspecified atom stereocenters. The van der Waals surface area contributed by atoms with E-state index < -0.39 is 11.7 Å². The quantitative estimate of drug-likeness (QED) is 0.911. The molecule has 2 heterocycles. The minimum Gasteiger partial charge on any atom is -0.362 e. The van der Waals surface area contributed by atoms with Crippen LogP contribution in [0.1, 0.15) is 11.4 Å². The minimum absolute atomic E-state index is 0.122. The molecular weight excluding hydrogens is 247 g/mol. The van der Waals surface area contributed by atoms with Crippen molar-refractivity contribution >= 4 is 5.82 Å². The number of nitrogens with one attached hydrogen (secondary N) is 1. The van der Waals surface area contributed by atoms with Crippen molar-refractivity contribution in [1.82, 2.24) is 19.7 Å². The third-order valence-electron chi connectivity index (χ3n) is 2.33. The molecule has 2 aromatic heterocycles. The van der Waals surface area contributed by atoms with Gasteiger partial charge in [0.2, 0.25) is 0 Å². The van der Waals surface area contributed by atoms with Crippen LogP contribution < -0.4 is 5.32 Å². The van der Waals surface area contributed by atoms with Crippen LogP contribution in [-0.4, -0.2) is 19.7 Å². The molecule has 0 bridgehead atoms. The number of aromatic nitrogens is 4. The molecule has 0 saturated carbocycles. The van der Waals surface area contributed by atoms with Gasteiger partial charge in [0, 0.05) is 13.2 Å². The smallest absolute Gasteiger partial charge is 0.362 e. The SMILES string of the molecule is Cn1ncnc1CNc1ncccc1C(F)(F)F. The number of halogens is 3. The van der Waals surface area contributed by atoms with Crippen molar-refractivity contribution in [2.75, 3.05) is 5.32 Å². The van der Waals surface area contributed by atoms with Crippen LogP contribution in [0.2, 0.25) is 0 Å². The summed E-state index contributed by atoms with van der Waals surface area (Å²) in [7, 11) is 1.66. The van der Waals surface area contributed by atoms with E-state index in [2.05, 4.69) is 20.4 Å². The minimum atomic E-state index is -4.43. The summed E-state index contributed by atoms with van der Waals surface area (Å²) in [4.78, 5) is 7.59. The van der Waals surface area contributed by atoms with Crippen molar-refractivity contribution in [1.29, 1.82) is 0 Å². The number of aryl methyl sites for hydroxylation is 1. The van der Waals surface area contributed by atoms with Crippen LogP contribution in [0.3, 0.4) is 0 Å². The average Bonchev–Trinajstić information content (AvgIpc) is 2.71. The lowest BCUT2D eigenvalue weighted by atomic mass is 10.2. The summed E-state index contributed by atoms with van der Waals surface area (Å²) in [5.74, 6) is 0.307. The van der Waals surface area contributed by atoms with Gasteiger partial charge in [-0.15, -0.1) is 0 Å². The van der Waals surface area contributed by atoms with Gasteiger partial charge < -0.3 is 5.32 Å². The molecule has 18 heavy (non-hydrogen) atoms. The number of hydrogen-bond acceptors (Lipinski definition) is 4. The maximum absolute atomic E-state index is 12.7. The van der Waals surface area contributed by atoms with E-state index in [4.69, 9.17) is 0 Å². The van der Waals surface area contributed by atoms with E-state index in [9.17, 15) is 13.2 Å². The predicted molar refractivity (Wildman–Crippen MR) is 57.6 cm³/mol. The van der Waals surface area contributed by atoms with Gasteiger partial charge in [-0.2, -0.15) is 18.3 Å². The molecule has 0 saturated heterocycles. The van der Waals surface area contributed by atoms with Crippen LogP contribution in [0.4, 0.5) is 19.0 Å². The first-order valence-electron chi connectivity index (χ1n) is 5.07. The molecule has 8 heteroatoms. The summed E-state index contributed by atoms with van der Waals surface area (Å²) in [6, 6.07) is 2.22. The zero-order valence-electron chi connectivity index (χ0n) is 9.44. The number of hydrogen-bond donors (Lipinski definition) is 1. The Morgan fingerprint density at radius 1 is 1.33 bits per heavy atom. The highest BCUT2D eigenvalue weighted by atomic mass is 19.4. The molecule has 0 aliphatic rings. The second kappa shape index (κ2) is 4.63. The van der Waals surface area contributed by atoms with Crippen molar-refractivity contribution in [3.05, 3.63) is 36.0 Å². The van der Waals surface area contributed by atoms with E-state index in [1.54, 1.807) is 7.05 Å². The Hall–Kier alpha value is -2.12. The van der Waals surface area contributed by atoms with Crippen LogP contribution in [0.25, 0.3) is 0 Å². The van der Waals surface area contributed by atoms with Crippen molar-refractivity contribution in [2.45, 2.75) is 12.7 Å². The molecule has 0 atom stereocenters. The van der Waals surface area contributed by atoms with E-state index in [0.717, 1.165) is 6.07 Å². The largest absolute Gasteiger partial charge is 0.419 e. The molecule has 0 fully saturated rings. The van der Waals surface area contributed by atoms with Gasteiger partial charge in [0.25, 0.3) is 0 Å². The molecule has 2 rings (SSSR count). The van der Waals surface area contributed by atoms with E-state index in [0.29, 0.717) is 5.82 Å². The second-order valence-corrected chi connectivity index (χ2v) is 3.55. The van der Waals surface area contributed by atoms with E-state index >= 15 is 0 Å². The van der Waals surface area contributed by atoms with Gasteiger partial charge in [-0.05, 0) is 12.1 Å². The lowest BCUT2D eigenvalue weighted by Gasteiger charge is -2.12. The number of rotatable bonds is 3. The van der Waals surface area contributed by atoms with Crippen molar-refractivity contribution in [3.63, 3.8) is 0 Å². The molecule has 0 spiro atoms. The number of pyridine rings is 1. The van der Waals surface area contributed by atoms with Gasteiger partial charge >= 0.3 is 6.18 Å². The maximum Gasteiger partial charge on any atom is 0.419 e. The lowest BCUT2D eigenvalue weighted by molar-refractivity contribution is -0.137. The molecule has 5 nitrogen and oxygen atoms in total. The lowest BCUT2D eigenvalue weighted by Crippen LogP contribution is -2.13. The third-order valence-corrected chi connectivity index (χ3v) is 2.33. The summed E-state index contributed by atoms with van der Waals surface area (Å²) in [6.45, 7) is 0.122. The van der Waals surface area contributed by atoms with Crippen LogP contribution >= 0.6 is 0 Å². The van der Waals surface area contributed by atoms with Crippen LogP contribution in [-0.2, 0) is 19.8 Å². The zero-order valence-corrected chi connectivity index (χ0v) is 9.44. The third kappa shape index (κ3) is 2.58. The Morgan fingerprint density at radius 3 is 2.72 bits per heavy atom. The highest BCUT2D eigenvalue weighted by Gasteiger charge is 2.34. The molecule has 0 amide bonds. The summed E-state index contributed by atoms with van der Waals surface area (Å²) in [5, 5.41) is 6.43. The predicted octanol–water partition coefficient (Wildman–Crippen LogP) is 1.84. The molecule has 0 aromatic carbocycles. The fourth-order valence-corrected chi connectivity index (χ4v) is 1.42. The van der Waals surface area contributed by atoms with Crippen LogP contribution in [0.15, 0.2) is 24.7 Å². The molecule has 0 aliphatic carbocycles. The molecule has 0 aliphatic heterocycles. The van der Waals surface area contributed by atoms with Gasteiger partial charge in [0.05, 0.1) is 12.1 Å². The summed E-state index contributed by atoms with van der Waals surface area (Å²) < 4.78 is 39.5. The summed E-state index contributed by atoms with van der Waals surface area (Å²) in [5.41, 5.74) is -0.799. The van der Waals surface area contributed by atoms with E-state index in [-0.39, 0.29) is 12.4 Å². The van der Waals surface area contributed by atoms with Crippen molar-refractivity contribution in [3.8, 4) is 0 Å². The van der Waals surface area contributed by atoms with Crippen LogP contribution in [0, 0.1) is 0 Å². The highest BCUT2D eigenvalue weighted by Crippen LogP contribution is 2.33. The molecule has 2 aromatic rings. The van der Waals surface area contributed by atoms with Gasteiger partial charge in [0.1, 0.15) is 18.0 Å². The fraction of sp³-hybridized carbons (Fsp3) is 0.300. The Labute approximate surface area is 101 Å². The fourth-order valence-electron chi connectivity index (χ4n) is 1.42. The number of alkyl halides is 3. The number of anilines is 1. The maximum atomic E-state index is 12.7. The van der Waals surface area contributed by atoms with Crippen molar-refractivity contribution < 1.29 is 13.2 Å². The Kier molecular flexibility index (Phi) is 3.17. The second-order valence-electron chi connectivity index (χ2n) is 3.55. The summed E-state index contributed by atoms with van der Waals surface area (Å²) >= 11 is 0. The first-order valence-corrected chi connectivity index (χ1v) is 5.07. The Morgan fingerprint density at radius 2 is 2.11 bits per heavy atom. The van der Waals surface area contributed by atoms with E-state index in [1.807, 2.05) is 0 Å². The summed E-state index contributed by atoms with van der Waals surface area (Å²) in [6.07, 6.45) is -1.80. The monoisotopic (exact) mass is 257 g/mol. The van der Waals surface area contributed by atoms with Gasteiger partial charge in [-0.1, -0.05) is 0 Å². The van der Waals surface area contributed by atoms with Gasteiger partial charge in [-0.3, -0.25) is 4.68 Å². The molecule has 0 radical (unpaired) electrons. The normalized spacial score (nSPS) is 11.6. The van der Waals surface area contributed by atoms with Gasteiger partial charge in [-0.25, -0.2) is 9.97 Å². The Balaban J connectivity index is 2.17.